The summed E-state index contributed by atoms with van der Waals surface area (Å²) in [6.07, 6.45) is 5.68. The monoisotopic (exact) mass is 333 g/mol. The van der Waals surface area contributed by atoms with Crippen LogP contribution in [0.25, 0.3) is 11.3 Å². The molecule has 0 atom stereocenters. The van der Waals surface area contributed by atoms with Gasteiger partial charge in [-0.05, 0) is 35.0 Å². The lowest BCUT2D eigenvalue weighted by molar-refractivity contribution is 0.425. The summed E-state index contributed by atoms with van der Waals surface area (Å²) in [6, 6.07) is 13.7. The molecule has 2 heterocycles. The lowest BCUT2D eigenvalue weighted by atomic mass is 10.0. The predicted octanol–water partition coefficient (Wildman–Crippen LogP) is 2.94. The van der Waals surface area contributed by atoms with Crippen LogP contribution >= 0.6 is 0 Å². The fourth-order valence-electron chi connectivity index (χ4n) is 2.53. The second-order valence-electron chi connectivity index (χ2n) is 5.67. The minimum atomic E-state index is 0.421. The van der Waals surface area contributed by atoms with Gasteiger partial charge in [0.25, 0.3) is 0 Å². The Morgan fingerprint density at radius 1 is 1.16 bits per heavy atom. The Morgan fingerprint density at radius 2 is 1.92 bits per heavy atom. The minimum absolute atomic E-state index is 0.421. The van der Waals surface area contributed by atoms with Gasteiger partial charge in [0.1, 0.15) is 5.82 Å². The summed E-state index contributed by atoms with van der Waals surface area (Å²) in [5, 5.41) is 11.4. The summed E-state index contributed by atoms with van der Waals surface area (Å²) in [6.45, 7) is 0. The van der Waals surface area contributed by atoms with Crippen LogP contribution in [0.1, 0.15) is 16.8 Å². The third kappa shape index (κ3) is 3.92. The Morgan fingerprint density at radius 3 is 2.60 bits per heavy atom. The molecule has 0 aliphatic carbocycles. The summed E-state index contributed by atoms with van der Waals surface area (Å²) >= 11 is 0. The number of hydrogen-bond donors (Lipinski definition) is 3. The number of rotatable bonds is 6. The minimum Gasteiger partial charge on any atom is -0.404 e. The van der Waals surface area contributed by atoms with Gasteiger partial charge < -0.3 is 21.4 Å². The Bertz CT molecular complexity index is 896. The molecule has 0 radical (unpaired) electrons. The van der Waals surface area contributed by atoms with Gasteiger partial charge in [0.2, 0.25) is 0 Å². The highest BCUT2D eigenvalue weighted by atomic mass is 16.5. The molecule has 2 aromatic heterocycles. The molecule has 0 fully saturated rings. The van der Waals surface area contributed by atoms with Gasteiger partial charge in [-0.1, -0.05) is 29.4 Å². The topological polar surface area (TPSA) is 115 Å². The van der Waals surface area contributed by atoms with E-state index in [2.05, 4.69) is 10.1 Å². The first-order valence-electron chi connectivity index (χ1n) is 7.85. The van der Waals surface area contributed by atoms with Gasteiger partial charge in [-0.3, -0.25) is 0 Å². The normalized spacial score (nSPS) is 11.4. The number of nitrogen functional groups attached to an aromatic ring is 1. The summed E-state index contributed by atoms with van der Waals surface area (Å²) in [7, 11) is 0. The molecule has 0 spiro atoms. The highest BCUT2D eigenvalue weighted by Crippen LogP contribution is 2.25. The van der Waals surface area contributed by atoms with Crippen LogP contribution < -0.4 is 11.5 Å². The van der Waals surface area contributed by atoms with Crippen molar-refractivity contribution in [2.45, 2.75) is 12.8 Å². The predicted molar refractivity (Wildman–Crippen MR) is 98.2 cm³/mol. The number of benzene rings is 1. The van der Waals surface area contributed by atoms with Gasteiger partial charge in [-0.15, -0.1) is 0 Å². The van der Waals surface area contributed by atoms with Crippen molar-refractivity contribution < 1.29 is 4.52 Å². The summed E-state index contributed by atoms with van der Waals surface area (Å²) < 4.78 is 5.39. The van der Waals surface area contributed by atoms with Crippen LogP contribution in [-0.4, -0.2) is 16.4 Å². The van der Waals surface area contributed by atoms with E-state index in [-0.39, 0.29) is 0 Å². The van der Waals surface area contributed by atoms with Gasteiger partial charge in [0, 0.05) is 31.3 Å². The molecule has 6 nitrogen and oxygen atoms in total. The quantitative estimate of drug-likeness (QED) is 0.600. The Hall–Kier alpha value is -3.41. The van der Waals surface area contributed by atoms with Crippen molar-refractivity contribution in [2.75, 3.05) is 5.73 Å². The third-order valence-electron chi connectivity index (χ3n) is 3.88. The van der Waals surface area contributed by atoms with Crippen molar-refractivity contribution in [3.8, 4) is 11.3 Å². The molecule has 0 aliphatic heterocycles. The van der Waals surface area contributed by atoms with Crippen molar-refractivity contribution in [3.63, 3.8) is 0 Å². The lowest BCUT2D eigenvalue weighted by Gasteiger charge is -2.03. The molecular weight excluding hydrogens is 314 g/mol. The first kappa shape index (κ1) is 16.4. The summed E-state index contributed by atoms with van der Waals surface area (Å²) in [4.78, 5) is 4.06. The van der Waals surface area contributed by atoms with E-state index in [0.29, 0.717) is 24.4 Å². The van der Waals surface area contributed by atoms with Crippen LogP contribution in [-0.2, 0) is 12.8 Å². The highest BCUT2D eigenvalue weighted by Gasteiger charge is 2.10. The highest BCUT2D eigenvalue weighted by molar-refractivity contribution is 5.76. The molecule has 0 saturated heterocycles. The Kier molecular flexibility index (Phi) is 4.89. The number of allylic oxidation sites excluding steroid dienone is 1. The van der Waals surface area contributed by atoms with E-state index in [1.807, 2.05) is 42.5 Å². The van der Waals surface area contributed by atoms with Crippen molar-refractivity contribution in [1.29, 1.82) is 5.41 Å². The van der Waals surface area contributed by atoms with E-state index in [9.17, 15) is 0 Å². The number of hydrogen-bond acceptors (Lipinski definition) is 6. The molecule has 25 heavy (non-hydrogen) atoms. The van der Waals surface area contributed by atoms with Gasteiger partial charge in [0.15, 0.2) is 5.76 Å². The van der Waals surface area contributed by atoms with Crippen LogP contribution in [0.2, 0.25) is 0 Å². The zero-order valence-corrected chi connectivity index (χ0v) is 13.6. The molecule has 0 saturated carbocycles. The summed E-state index contributed by atoms with van der Waals surface area (Å²) in [5.74, 6) is 1.03. The molecule has 126 valence electrons. The van der Waals surface area contributed by atoms with Crippen LogP contribution in [0.5, 0.6) is 0 Å². The van der Waals surface area contributed by atoms with Crippen molar-refractivity contribution in [3.05, 3.63) is 77.3 Å². The van der Waals surface area contributed by atoms with Crippen LogP contribution in [0.4, 0.5) is 5.82 Å². The molecular formula is C19H19N5O. The molecule has 5 N–H and O–H groups in total. The van der Waals surface area contributed by atoms with Gasteiger partial charge in [-0.25, -0.2) is 4.98 Å². The number of pyridine rings is 1. The SMILES string of the molecule is N=C/C(=C\N)Cc1ccc(Cc2cc(-c3cccnc3N)on2)cc1. The third-order valence-corrected chi connectivity index (χ3v) is 3.88. The molecule has 0 bridgehead atoms. The van der Waals surface area contributed by atoms with Crippen molar-refractivity contribution in [2.24, 2.45) is 5.73 Å². The zero-order valence-electron chi connectivity index (χ0n) is 13.6. The summed E-state index contributed by atoms with van der Waals surface area (Å²) in [5.41, 5.74) is 15.9. The van der Waals surface area contributed by atoms with E-state index < -0.39 is 0 Å². The van der Waals surface area contributed by atoms with E-state index in [4.69, 9.17) is 21.4 Å². The Labute approximate surface area is 145 Å². The van der Waals surface area contributed by atoms with E-state index in [1.54, 1.807) is 6.20 Å². The van der Waals surface area contributed by atoms with Crippen molar-refractivity contribution in [1.82, 2.24) is 10.1 Å². The maximum Gasteiger partial charge on any atom is 0.170 e. The Balaban J connectivity index is 1.71. The molecule has 0 unspecified atom stereocenters. The number of nitrogens with two attached hydrogens (primary N) is 2. The van der Waals surface area contributed by atoms with Crippen LogP contribution in [0, 0.1) is 5.41 Å². The fraction of sp³-hybridized carbons (Fsp3) is 0.105. The second-order valence-corrected chi connectivity index (χ2v) is 5.67. The second kappa shape index (κ2) is 7.44. The molecule has 0 amide bonds. The largest absolute Gasteiger partial charge is 0.404 e. The van der Waals surface area contributed by atoms with E-state index >= 15 is 0 Å². The standard InChI is InChI=1S/C19H19N5O/c20-11-15(12-21)8-13-3-5-14(6-4-13)9-16-10-18(25-24-16)17-2-1-7-23-19(17)22/h1-7,10-12,20H,8-9,21H2,(H2,22,23)/b15-12-,20-11?. The number of anilines is 1. The maximum absolute atomic E-state index is 7.28. The van der Waals surface area contributed by atoms with E-state index in [0.717, 1.165) is 28.0 Å². The molecule has 3 rings (SSSR count). The zero-order chi connectivity index (χ0) is 17.6. The lowest BCUT2D eigenvalue weighted by Crippen LogP contribution is -1.96. The molecule has 6 heteroatoms. The average Bonchev–Trinajstić information content (AvgIpc) is 3.09. The number of nitrogens with zero attached hydrogens (tertiary/aromatic N) is 2. The van der Waals surface area contributed by atoms with Gasteiger partial charge in [-0.2, -0.15) is 0 Å². The fourth-order valence-corrected chi connectivity index (χ4v) is 2.53. The number of aromatic nitrogens is 2. The van der Waals surface area contributed by atoms with Crippen LogP contribution in [0.15, 0.2) is 65.0 Å². The first-order chi connectivity index (χ1) is 12.2. The van der Waals surface area contributed by atoms with Gasteiger partial charge in [0.05, 0.1) is 11.3 Å². The van der Waals surface area contributed by atoms with Crippen molar-refractivity contribution >= 4 is 12.0 Å². The smallest absolute Gasteiger partial charge is 0.170 e. The first-order valence-corrected chi connectivity index (χ1v) is 7.85. The van der Waals surface area contributed by atoms with Crippen LogP contribution in [0.3, 0.4) is 0 Å². The molecule has 1 aromatic carbocycles. The van der Waals surface area contributed by atoms with E-state index in [1.165, 1.54) is 12.4 Å². The molecule has 3 aromatic rings. The number of nitrogens with one attached hydrogen (secondary N) is 1. The van der Waals surface area contributed by atoms with Gasteiger partial charge >= 0.3 is 0 Å². The average molecular weight is 333 g/mol. The molecule has 0 aliphatic rings. The maximum atomic E-state index is 7.28.